The van der Waals surface area contributed by atoms with Crippen molar-refractivity contribution in [1.82, 2.24) is 30.7 Å². The number of rotatable bonds is 2. The lowest BCUT2D eigenvalue weighted by molar-refractivity contribution is -0.123. The molecule has 12 nitrogen and oxygen atoms in total. The van der Waals surface area contributed by atoms with E-state index in [9.17, 15) is 14.4 Å². The number of pyridine rings is 1. The molecule has 1 saturated heterocycles. The largest absolute Gasteiger partial charge is 0.496 e. The average molecular weight is 651 g/mol. The fourth-order valence-electron chi connectivity index (χ4n) is 5.91. The highest BCUT2D eigenvalue weighted by atomic mass is 19.1. The molecule has 1 fully saturated rings. The van der Waals surface area contributed by atoms with Gasteiger partial charge in [0.05, 0.1) is 24.9 Å². The highest BCUT2D eigenvalue weighted by Gasteiger charge is 2.35. The molecular formula is C35H31FN6O6. The molecule has 2 atom stereocenters. The van der Waals surface area contributed by atoms with Gasteiger partial charge in [-0.2, -0.15) is 5.10 Å². The molecule has 5 heterocycles. The van der Waals surface area contributed by atoms with E-state index in [1.807, 2.05) is 0 Å². The van der Waals surface area contributed by atoms with E-state index in [4.69, 9.17) is 14.2 Å². The van der Waals surface area contributed by atoms with E-state index < -0.39 is 23.9 Å². The number of hydrogen-bond acceptors (Lipinski definition) is 8. The molecule has 13 heteroatoms. The van der Waals surface area contributed by atoms with Crippen LogP contribution in [0.2, 0.25) is 0 Å². The van der Waals surface area contributed by atoms with Crippen LogP contribution in [0.15, 0.2) is 79.0 Å². The maximum absolute atomic E-state index is 15.2. The number of aromatic amines is 1. The minimum Gasteiger partial charge on any atom is -0.496 e. The first-order chi connectivity index (χ1) is 23.3. The van der Waals surface area contributed by atoms with Crippen LogP contribution in [0.3, 0.4) is 0 Å². The summed E-state index contributed by atoms with van der Waals surface area (Å²) < 4.78 is 32.9. The number of nitrogens with one attached hydrogen (secondary N) is 3. The minimum absolute atomic E-state index is 0.0832. The molecular weight excluding hydrogens is 619 g/mol. The number of methoxy groups -OCH3 is 1. The topological polar surface area (TPSA) is 148 Å². The molecule has 0 spiro atoms. The van der Waals surface area contributed by atoms with Gasteiger partial charge in [0.2, 0.25) is 0 Å². The van der Waals surface area contributed by atoms with E-state index in [1.54, 1.807) is 71.8 Å². The summed E-state index contributed by atoms with van der Waals surface area (Å²) in [6.07, 6.45) is 1.40. The quantitative estimate of drug-likeness (QED) is 0.261. The first-order valence-electron chi connectivity index (χ1n) is 15.4. The Morgan fingerprint density at radius 1 is 1.02 bits per heavy atom. The van der Waals surface area contributed by atoms with Crippen LogP contribution < -0.4 is 24.8 Å². The second kappa shape index (κ2) is 13.0. The lowest BCUT2D eigenvalue weighted by Gasteiger charge is -2.38. The number of amides is 3. The summed E-state index contributed by atoms with van der Waals surface area (Å²) in [4.78, 5) is 46.0. The number of carbonyl (C=O) groups is 3. The van der Waals surface area contributed by atoms with Gasteiger partial charge in [0, 0.05) is 43.1 Å². The molecule has 6 bridgehead atoms. The van der Waals surface area contributed by atoms with Crippen molar-refractivity contribution < 1.29 is 33.0 Å². The van der Waals surface area contributed by atoms with Crippen molar-refractivity contribution in [1.29, 1.82) is 0 Å². The molecule has 3 aliphatic rings. The lowest BCUT2D eigenvalue weighted by Crippen LogP contribution is -2.58. The Labute approximate surface area is 274 Å². The molecule has 0 aliphatic carbocycles. The van der Waals surface area contributed by atoms with Gasteiger partial charge in [0.25, 0.3) is 17.7 Å². The number of benzene rings is 3. The maximum Gasteiger partial charge on any atom is 0.272 e. The summed E-state index contributed by atoms with van der Waals surface area (Å²) >= 11 is 0. The number of nitrogens with zero attached hydrogens (tertiary/aromatic N) is 3. The van der Waals surface area contributed by atoms with Crippen LogP contribution in [0.4, 0.5) is 4.39 Å². The number of H-pyrrole nitrogens is 1. The Hall–Kier alpha value is -5.98. The van der Waals surface area contributed by atoms with E-state index in [1.165, 1.54) is 19.2 Å². The van der Waals surface area contributed by atoms with Crippen molar-refractivity contribution >= 4 is 28.8 Å². The summed E-state index contributed by atoms with van der Waals surface area (Å²) in [5, 5.41) is 13.3. The average Bonchev–Trinajstić information content (AvgIpc) is 3.58. The number of ether oxygens (including phenoxy) is 3. The van der Waals surface area contributed by atoms with Crippen molar-refractivity contribution in [2.45, 2.75) is 25.1 Å². The molecule has 0 radical (unpaired) electrons. The molecule has 5 aromatic rings. The summed E-state index contributed by atoms with van der Waals surface area (Å²) in [6.45, 7) is 0.379. The zero-order valence-electron chi connectivity index (χ0n) is 25.9. The van der Waals surface area contributed by atoms with E-state index >= 15 is 4.39 Å². The number of likely N-dealkylation sites (tertiary alicyclic amines) is 1. The van der Waals surface area contributed by atoms with Crippen molar-refractivity contribution in [3.8, 4) is 28.4 Å². The molecule has 244 valence electrons. The smallest absolute Gasteiger partial charge is 0.272 e. The van der Waals surface area contributed by atoms with Crippen molar-refractivity contribution in [2.75, 3.05) is 26.8 Å². The Kier molecular flexibility index (Phi) is 8.32. The van der Waals surface area contributed by atoms with Gasteiger partial charge < -0.3 is 29.7 Å². The third kappa shape index (κ3) is 6.34. The summed E-state index contributed by atoms with van der Waals surface area (Å²) in [6, 6.07) is 19.1. The first kappa shape index (κ1) is 30.7. The van der Waals surface area contributed by atoms with Gasteiger partial charge in [-0.1, -0.05) is 18.2 Å². The predicted molar refractivity (Wildman–Crippen MR) is 172 cm³/mol. The van der Waals surface area contributed by atoms with Crippen LogP contribution >= 0.6 is 0 Å². The van der Waals surface area contributed by atoms with E-state index in [0.717, 1.165) is 10.9 Å². The van der Waals surface area contributed by atoms with Gasteiger partial charge in [-0.25, -0.2) is 9.37 Å². The van der Waals surface area contributed by atoms with E-state index in [0.29, 0.717) is 47.0 Å². The third-order valence-electron chi connectivity index (χ3n) is 8.44. The van der Waals surface area contributed by atoms with Crippen LogP contribution in [0.25, 0.3) is 22.2 Å². The Bertz CT molecular complexity index is 2030. The van der Waals surface area contributed by atoms with Crippen LogP contribution in [0.1, 0.15) is 32.8 Å². The maximum atomic E-state index is 15.2. The second-order valence-electron chi connectivity index (χ2n) is 11.5. The SMILES string of the molecule is COc1cc2ccc1CNC(=O)COc1cccc(c1)-c1ccc(F)c(c1)C(=O)N[C@@H]1CN(C(=O)c3ccc4cn[nH]c4n3)CC[C@@H]1O2. The number of hydrogen-bond donors (Lipinski definition) is 3. The third-order valence-corrected chi connectivity index (χ3v) is 8.44. The van der Waals surface area contributed by atoms with Crippen LogP contribution in [-0.2, 0) is 11.3 Å². The molecule has 0 unspecified atom stereocenters. The van der Waals surface area contributed by atoms with E-state index in [-0.39, 0.29) is 42.8 Å². The number of halogens is 1. The molecule has 3 amide bonds. The van der Waals surface area contributed by atoms with Crippen LogP contribution in [-0.4, -0.2) is 76.8 Å². The number of piperidine rings is 1. The molecule has 0 saturated carbocycles. The van der Waals surface area contributed by atoms with Gasteiger partial charge >= 0.3 is 0 Å². The fourth-order valence-corrected chi connectivity index (χ4v) is 5.91. The van der Waals surface area contributed by atoms with Crippen LogP contribution in [0, 0.1) is 5.82 Å². The van der Waals surface area contributed by atoms with Gasteiger partial charge in [-0.15, -0.1) is 0 Å². The van der Waals surface area contributed by atoms with Crippen LogP contribution in [0.5, 0.6) is 17.2 Å². The highest BCUT2D eigenvalue weighted by molar-refractivity contribution is 5.97. The summed E-state index contributed by atoms with van der Waals surface area (Å²) in [5.74, 6) is -0.644. The molecule has 2 aromatic heterocycles. The zero-order valence-corrected chi connectivity index (χ0v) is 25.9. The second-order valence-corrected chi connectivity index (χ2v) is 11.5. The Morgan fingerprint density at radius 3 is 2.77 bits per heavy atom. The van der Waals surface area contributed by atoms with Gasteiger partial charge in [-0.05, 0) is 59.7 Å². The lowest BCUT2D eigenvalue weighted by atomic mass is 9.99. The normalized spacial score (nSPS) is 18.2. The van der Waals surface area contributed by atoms with Gasteiger partial charge in [0.15, 0.2) is 12.3 Å². The molecule has 48 heavy (non-hydrogen) atoms. The van der Waals surface area contributed by atoms with Crippen molar-refractivity contribution in [3.63, 3.8) is 0 Å². The van der Waals surface area contributed by atoms with Crippen molar-refractivity contribution in [3.05, 3.63) is 102 Å². The molecule has 8 rings (SSSR count). The minimum atomic E-state index is -0.721. The Morgan fingerprint density at radius 2 is 1.90 bits per heavy atom. The summed E-state index contributed by atoms with van der Waals surface area (Å²) in [5.41, 5.74) is 2.49. The number of aromatic nitrogens is 3. The highest BCUT2D eigenvalue weighted by Crippen LogP contribution is 2.29. The van der Waals surface area contributed by atoms with E-state index in [2.05, 4.69) is 25.8 Å². The van der Waals surface area contributed by atoms with Gasteiger partial charge in [0.1, 0.15) is 34.9 Å². The number of carbonyl (C=O) groups excluding carboxylic acids is 3. The standard InChI is InChI=1S/C35H31FN6O6/c1-46-31-15-25-8-5-22(31)16-37-32(43)19-47-24-4-2-3-20(13-24)21-6-9-27(36)26(14-21)34(44)40-29-18-42(12-11-30(29)48-25)35(45)28-10-7-23-17-38-41-33(23)39-28/h2-10,13-15,17,29-30H,11-12,16,18-19H2,1H3,(H,37,43)(H,40,44)(H,38,39,41)/t29-,30+/m1/s1. The van der Waals surface area contributed by atoms with Crippen molar-refractivity contribution in [2.24, 2.45) is 0 Å². The van der Waals surface area contributed by atoms with Gasteiger partial charge in [-0.3, -0.25) is 19.5 Å². The molecule has 3 aliphatic heterocycles. The number of fused-ring (bicyclic) bond motifs is 8. The monoisotopic (exact) mass is 650 g/mol. The fraction of sp³-hybridized carbons (Fsp3) is 0.229. The molecule has 3 aromatic carbocycles. The first-order valence-corrected chi connectivity index (χ1v) is 15.4. The Balaban J connectivity index is 1.23. The predicted octanol–water partition coefficient (Wildman–Crippen LogP) is 3.87. The zero-order chi connectivity index (χ0) is 33.2. The molecule has 3 N–H and O–H groups in total. The summed E-state index contributed by atoms with van der Waals surface area (Å²) in [7, 11) is 1.52.